The fourth-order valence-electron chi connectivity index (χ4n) is 3.96. The van der Waals surface area contributed by atoms with Crippen LogP contribution in [0, 0.1) is 5.82 Å². The summed E-state index contributed by atoms with van der Waals surface area (Å²) in [6, 6.07) is 5.82. The van der Waals surface area contributed by atoms with Gasteiger partial charge in [0.2, 0.25) is 0 Å². The quantitative estimate of drug-likeness (QED) is 0.385. The van der Waals surface area contributed by atoms with Crippen LogP contribution in [0.5, 0.6) is 0 Å². The molecule has 1 aromatic heterocycles. The molecule has 1 atom stereocenters. The van der Waals surface area contributed by atoms with Crippen molar-refractivity contribution in [3.05, 3.63) is 48.3 Å². The first-order chi connectivity index (χ1) is 13.7. The van der Waals surface area contributed by atoms with Gasteiger partial charge in [-0.25, -0.2) is 9.37 Å². The second-order valence-electron chi connectivity index (χ2n) is 7.19. The summed E-state index contributed by atoms with van der Waals surface area (Å²) in [5, 5.41) is 3.38. The predicted molar refractivity (Wildman–Crippen MR) is 122 cm³/mol. The number of halogens is 2. The van der Waals surface area contributed by atoms with E-state index >= 15 is 0 Å². The summed E-state index contributed by atoms with van der Waals surface area (Å²) in [5.41, 5.74) is 1.38. The maximum atomic E-state index is 14.4. The normalized spacial score (nSPS) is 20.6. The van der Waals surface area contributed by atoms with Gasteiger partial charge in [0.15, 0.2) is 5.96 Å². The van der Waals surface area contributed by atoms with E-state index in [0.29, 0.717) is 18.3 Å². The Morgan fingerprint density at radius 1 is 1.31 bits per heavy atom. The topological polar surface area (TPSA) is 57.9 Å². The summed E-state index contributed by atoms with van der Waals surface area (Å²) in [5.74, 6) is 0.607. The van der Waals surface area contributed by atoms with Gasteiger partial charge in [0.1, 0.15) is 5.82 Å². The minimum absolute atomic E-state index is 0. The standard InChI is InChI=1S/C20H27FN6O.HI/c1-22-20(26-6-4-17(14-26)25-8-10-28-11-9-25)24-13-16-2-3-19(18(21)12-16)27-7-5-23-15-27;/h2-3,5,7,12,15,17H,4,6,8-11,13-14H2,1H3,(H,22,24);1H. The van der Waals surface area contributed by atoms with Crippen LogP contribution in [0.2, 0.25) is 0 Å². The van der Waals surface area contributed by atoms with Crippen LogP contribution in [0.4, 0.5) is 4.39 Å². The number of nitrogens with zero attached hydrogens (tertiary/aromatic N) is 5. The lowest BCUT2D eigenvalue weighted by molar-refractivity contribution is 0.0195. The van der Waals surface area contributed by atoms with Crippen LogP contribution >= 0.6 is 24.0 Å². The highest BCUT2D eigenvalue weighted by molar-refractivity contribution is 14.0. The molecule has 2 fully saturated rings. The van der Waals surface area contributed by atoms with E-state index in [-0.39, 0.29) is 29.8 Å². The van der Waals surface area contributed by atoms with Gasteiger partial charge in [0, 0.05) is 58.2 Å². The first-order valence-electron chi connectivity index (χ1n) is 9.79. The number of rotatable bonds is 4. The third kappa shape index (κ3) is 5.26. The number of imidazole rings is 1. The number of morpholine rings is 1. The molecule has 0 amide bonds. The molecule has 2 aromatic rings. The zero-order valence-electron chi connectivity index (χ0n) is 16.6. The Balaban J connectivity index is 0.00000240. The Bertz CT molecular complexity index is 809. The van der Waals surface area contributed by atoms with Crippen molar-refractivity contribution in [2.24, 2.45) is 4.99 Å². The van der Waals surface area contributed by atoms with Crippen molar-refractivity contribution in [2.45, 2.75) is 19.0 Å². The van der Waals surface area contributed by atoms with Gasteiger partial charge >= 0.3 is 0 Å². The van der Waals surface area contributed by atoms with Crippen molar-refractivity contribution in [3.8, 4) is 5.69 Å². The van der Waals surface area contributed by atoms with Crippen LogP contribution in [0.25, 0.3) is 5.69 Å². The lowest BCUT2D eigenvalue weighted by Crippen LogP contribution is -2.46. The lowest BCUT2D eigenvalue weighted by Gasteiger charge is -2.32. The molecule has 3 heterocycles. The second-order valence-corrected chi connectivity index (χ2v) is 7.19. The molecule has 0 spiro atoms. The Morgan fingerprint density at radius 2 is 2.14 bits per heavy atom. The van der Waals surface area contributed by atoms with Crippen molar-refractivity contribution in [2.75, 3.05) is 46.4 Å². The fourth-order valence-corrected chi connectivity index (χ4v) is 3.96. The molecular formula is C20H28FIN6O. The van der Waals surface area contributed by atoms with Gasteiger partial charge in [0.05, 0.1) is 25.2 Å². The van der Waals surface area contributed by atoms with Crippen molar-refractivity contribution >= 4 is 29.9 Å². The summed E-state index contributed by atoms with van der Waals surface area (Å²) in [7, 11) is 1.80. The van der Waals surface area contributed by atoms with E-state index in [1.54, 1.807) is 42.5 Å². The molecule has 29 heavy (non-hydrogen) atoms. The summed E-state index contributed by atoms with van der Waals surface area (Å²) in [6.07, 6.45) is 6.10. The van der Waals surface area contributed by atoms with E-state index in [4.69, 9.17) is 4.74 Å². The Labute approximate surface area is 188 Å². The zero-order chi connectivity index (χ0) is 19.3. The third-order valence-corrected chi connectivity index (χ3v) is 5.48. The van der Waals surface area contributed by atoms with Crippen LogP contribution in [-0.2, 0) is 11.3 Å². The van der Waals surface area contributed by atoms with Gasteiger partial charge in [-0.2, -0.15) is 0 Å². The SMILES string of the molecule is CN=C(NCc1ccc(-n2ccnc2)c(F)c1)N1CCC(N2CCOCC2)C1.I. The number of likely N-dealkylation sites (tertiary alicyclic amines) is 1. The maximum absolute atomic E-state index is 14.4. The molecule has 1 unspecified atom stereocenters. The van der Waals surface area contributed by atoms with Gasteiger partial charge in [-0.3, -0.25) is 9.89 Å². The van der Waals surface area contributed by atoms with Crippen LogP contribution in [-0.4, -0.2) is 77.8 Å². The van der Waals surface area contributed by atoms with Crippen LogP contribution < -0.4 is 5.32 Å². The molecule has 0 bridgehead atoms. The molecular weight excluding hydrogens is 486 g/mol. The number of hydrogen-bond acceptors (Lipinski definition) is 4. The molecule has 2 saturated heterocycles. The van der Waals surface area contributed by atoms with Gasteiger partial charge in [0.25, 0.3) is 0 Å². The minimum atomic E-state index is -0.263. The number of guanidine groups is 1. The summed E-state index contributed by atoms with van der Waals surface area (Å²) in [4.78, 5) is 13.2. The first-order valence-corrected chi connectivity index (χ1v) is 9.79. The number of ether oxygens (including phenoxy) is 1. The Kier molecular flexibility index (Phi) is 7.84. The van der Waals surface area contributed by atoms with E-state index in [1.807, 2.05) is 6.07 Å². The number of nitrogens with one attached hydrogen (secondary N) is 1. The minimum Gasteiger partial charge on any atom is -0.379 e. The Hall–Kier alpha value is -1.72. The van der Waals surface area contributed by atoms with Crippen LogP contribution in [0.3, 0.4) is 0 Å². The van der Waals surface area contributed by atoms with Crippen molar-refractivity contribution < 1.29 is 9.13 Å². The van der Waals surface area contributed by atoms with E-state index in [2.05, 4.69) is 25.1 Å². The highest BCUT2D eigenvalue weighted by atomic mass is 127. The maximum Gasteiger partial charge on any atom is 0.193 e. The van der Waals surface area contributed by atoms with Crippen molar-refractivity contribution in [1.29, 1.82) is 0 Å². The van der Waals surface area contributed by atoms with Crippen LogP contribution in [0.15, 0.2) is 41.9 Å². The second kappa shape index (κ2) is 10.4. The predicted octanol–water partition coefficient (Wildman–Crippen LogP) is 2.11. The van der Waals surface area contributed by atoms with Gasteiger partial charge in [-0.05, 0) is 24.1 Å². The van der Waals surface area contributed by atoms with Gasteiger partial charge in [-0.15, -0.1) is 24.0 Å². The summed E-state index contributed by atoms with van der Waals surface area (Å²) in [6.45, 7) is 6.14. The molecule has 0 radical (unpaired) electrons. The van der Waals surface area contributed by atoms with E-state index in [1.165, 1.54) is 0 Å². The van der Waals surface area contributed by atoms with E-state index < -0.39 is 0 Å². The van der Waals surface area contributed by atoms with E-state index in [0.717, 1.165) is 57.3 Å². The average Bonchev–Trinajstić information content (AvgIpc) is 3.42. The summed E-state index contributed by atoms with van der Waals surface area (Å²) >= 11 is 0. The summed E-state index contributed by atoms with van der Waals surface area (Å²) < 4.78 is 21.6. The number of benzene rings is 1. The molecule has 4 rings (SSSR count). The highest BCUT2D eigenvalue weighted by Gasteiger charge is 2.30. The van der Waals surface area contributed by atoms with Gasteiger partial charge < -0.3 is 19.5 Å². The van der Waals surface area contributed by atoms with E-state index in [9.17, 15) is 4.39 Å². The average molecular weight is 514 g/mol. The molecule has 9 heteroatoms. The largest absolute Gasteiger partial charge is 0.379 e. The highest BCUT2D eigenvalue weighted by Crippen LogP contribution is 2.18. The van der Waals surface area contributed by atoms with Crippen molar-refractivity contribution in [1.82, 2.24) is 24.7 Å². The zero-order valence-corrected chi connectivity index (χ0v) is 19.0. The number of aliphatic imine (C=N–C) groups is 1. The molecule has 2 aliphatic heterocycles. The molecule has 0 aliphatic carbocycles. The van der Waals surface area contributed by atoms with Crippen molar-refractivity contribution in [3.63, 3.8) is 0 Å². The van der Waals surface area contributed by atoms with Crippen LogP contribution in [0.1, 0.15) is 12.0 Å². The monoisotopic (exact) mass is 514 g/mol. The molecule has 158 valence electrons. The Morgan fingerprint density at radius 3 is 2.83 bits per heavy atom. The number of hydrogen-bond donors (Lipinski definition) is 1. The lowest BCUT2D eigenvalue weighted by atomic mass is 10.2. The third-order valence-electron chi connectivity index (χ3n) is 5.48. The number of aromatic nitrogens is 2. The smallest absolute Gasteiger partial charge is 0.193 e. The molecule has 2 aliphatic rings. The molecule has 1 aromatic carbocycles. The van der Waals surface area contributed by atoms with Gasteiger partial charge in [-0.1, -0.05) is 6.07 Å². The first kappa shape index (κ1) is 22.0. The molecule has 7 nitrogen and oxygen atoms in total. The fraction of sp³-hybridized carbons (Fsp3) is 0.500. The molecule has 1 N–H and O–H groups in total. The molecule has 0 saturated carbocycles.